The number of rotatable bonds is 9. The first-order chi connectivity index (χ1) is 12.1. The van der Waals surface area contributed by atoms with Gasteiger partial charge in [0.05, 0.1) is 23.4 Å². The Balaban J connectivity index is 3.28. The summed E-state index contributed by atoms with van der Waals surface area (Å²) in [4.78, 5) is 48.0. The average Bonchev–Trinajstić information content (AvgIpc) is 2.49. The number of thiocarbonyl (C=S) groups is 1. The van der Waals surface area contributed by atoms with Crippen molar-refractivity contribution in [3.8, 4) is 0 Å². The molecule has 1 rings (SSSR count). The average molecular weight is 386 g/mol. The highest BCUT2D eigenvalue weighted by molar-refractivity contribution is 7.78. The lowest BCUT2D eigenvalue weighted by Crippen LogP contribution is -2.55. The predicted molar refractivity (Wildman–Crippen MR) is 80.0 cm³/mol. The molecule has 0 saturated carbocycles. The summed E-state index contributed by atoms with van der Waals surface area (Å²) in [6, 6.07) is -1.10. The van der Waals surface area contributed by atoms with Gasteiger partial charge in [-0.05, 0) is 36.9 Å². The van der Waals surface area contributed by atoms with Gasteiger partial charge in [0.25, 0.3) is 0 Å². The van der Waals surface area contributed by atoms with Crippen LogP contribution in [-0.2, 0) is 28.7 Å². The highest BCUT2D eigenvalue weighted by atomic mass is 32.1. The topological polar surface area (TPSA) is 168 Å². The molecule has 0 aromatic carbocycles. The summed E-state index contributed by atoms with van der Waals surface area (Å²) < 4.78 is 10.4. The number of hydrogen-bond acceptors (Lipinski definition) is 11. The minimum Gasteiger partial charge on any atom is -0.550 e. The molecule has 1 aliphatic heterocycles. The van der Waals surface area contributed by atoms with Gasteiger partial charge in [0.15, 0.2) is 0 Å². The summed E-state index contributed by atoms with van der Waals surface area (Å²) in [5, 5.41) is 35.2. The second kappa shape index (κ2) is 9.95. The third kappa shape index (κ3) is 6.51. The van der Waals surface area contributed by atoms with Gasteiger partial charge in [-0.15, -0.1) is 0 Å². The lowest BCUT2D eigenvalue weighted by Gasteiger charge is -2.46. The number of aliphatic carboxylic acids is 3. The molecule has 0 unspecified atom stereocenters. The predicted octanol–water partition coefficient (Wildman–Crippen LogP) is -3.56. The van der Waals surface area contributed by atoms with Crippen molar-refractivity contribution in [2.45, 2.75) is 44.4 Å². The quantitative estimate of drug-likeness (QED) is 0.219. The fourth-order valence-electron chi connectivity index (χ4n) is 3.09. The summed E-state index contributed by atoms with van der Waals surface area (Å²) >= 11 is 4.51. The molecule has 0 aromatic rings. The van der Waals surface area contributed by atoms with E-state index in [0.29, 0.717) is 0 Å². The molecule has 5 atom stereocenters. The molecule has 11 heteroatoms. The summed E-state index contributed by atoms with van der Waals surface area (Å²) in [6.07, 6.45) is -4.15. The van der Waals surface area contributed by atoms with Crippen LogP contribution in [0.2, 0.25) is 0 Å². The second-order valence-electron chi connectivity index (χ2n) is 5.78. The first-order valence-corrected chi connectivity index (χ1v) is 8.01. The van der Waals surface area contributed by atoms with Crippen LogP contribution < -0.4 is 15.3 Å². The van der Waals surface area contributed by atoms with Crippen LogP contribution in [0.15, 0.2) is 4.99 Å². The van der Waals surface area contributed by atoms with Crippen molar-refractivity contribution < 1.29 is 44.0 Å². The van der Waals surface area contributed by atoms with Crippen molar-refractivity contribution in [1.82, 2.24) is 0 Å². The number of carboxylic acid groups (broad SMARTS) is 3. The van der Waals surface area contributed by atoms with Crippen LogP contribution in [0, 0.1) is 11.8 Å². The van der Waals surface area contributed by atoms with Crippen molar-refractivity contribution in [2.75, 3.05) is 6.61 Å². The third-order valence-electron chi connectivity index (χ3n) is 4.02. The molecule has 0 radical (unpaired) electrons. The maximum absolute atomic E-state index is 11.1. The zero-order valence-corrected chi connectivity index (χ0v) is 14.6. The number of esters is 1. The van der Waals surface area contributed by atoms with E-state index >= 15 is 0 Å². The van der Waals surface area contributed by atoms with E-state index in [-0.39, 0.29) is 0 Å². The van der Waals surface area contributed by atoms with E-state index in [9.17, 15) is 34.5 Å². The molecule has 1 heterocycles. The number of carboxylic acids is 3. The van der Waals surface area contributed by atoms with Gasteiger partial charge < -0.3 is 39.2 Å². The van der Waals surface area contributed by atoms with E-state index in [4.69, 9.17) is 9.47 Å². The van der Waals surface area contributed by atoms with Gasteiger partial charge in [-0.25, -0.2) is 4.99 Å². The molecule has 0 spiro atoms. The summed E-state index contributed by atoms with van der Waals surface area (Å²) in [5.74, 6) is -7.15. The van der Waals surface area contributed by atoms with Gasteiger partial charge in [0.2, 0.25) is 0 Å². The molecular weight excluding hydrogens is 370 g/mol. The Labute approximate surface area is 153 Å². The van der Waals surface area contributed by atoms with E-state index in [2.05, 4.69) is 17.2 Å². The molecule has 26 heavy (non-hydrogen) atoms. The van der Waals surface area contributed by atoms with Crippen LogP contribution in [-0.4, -0.2) is 53.9 Å². The van der Waals surface area contributed by atoms with Gasteiger partial charge in [-0.2, -0.15) is 0 Å². The Kier molecular flexibility index (Phi) is 8.30. The van der Waals surface area contributed by atoms with Crippen LogP contribution in [0.1, 0.15) is 26.2 Å². The van der Waals surface area contributed by atoms with Gasteiger partial charge in [0.1, 0.15) is 6.61 Å². The number of nitrogens with zero attached hydrogens (tertiary/aromatic N) is 1. The standard InChI is InChI=1S/C15H19NO9S/c1-7(17)24-5-11-8(2-12(18)19)9(3-13(20)21)15(16-6-26)10(25-11)4-14(22)23/h8-11,15H,2-5H2,1H3,(H,18,19)(H,20,21)(H,22,23)/p-3/t8-,9+,10-,11-,15+/m0/s1. The molecule has 0 bridgehead atoms. The van der Waals surface area contributed by atoms with Crippen LogP contribution in [0.3, 0.4) is 0 Å². The summed E-state index contributed by atoms with van der Waals surface area (Å²) in [6.45, 7) is 0.724. The van der Waals surface area contributed by atoms with Crippen LogP contribution in [0.25, 0.3) is 0 Å². The van der Waals surface area contributed by atoms with Crippen molar-refractivity contribution in [3.05, 3.63) is 0 Å². The summed E-state index contributed by atoms with van der Waals surface area (Å²) in [7, 11) is 0. The van der Waals surface area contributed by atoms with Gasteiger partial charge in [-0.3, -0.25) is 4.79 Å². The van der Waals surface area contributed by atoms with Crippen LogP contribution in [0.4, 0.5) is 0 Å². The number of aliphatic imine (C=N–C) groups is 1. The molecule has 0 aliphatic carbocycles. The van der Waals surface area contributed by atoms with Crippen molar-refractivity contribution in [2.24, 2.45) is 16.8 Å². The molecule has 0 aromatic heterocycles. The lowest BCUT2D eigenvalue weighted by molar-refractivity contribution is -0.316. The number of carbonyl (C=O) groups is 4. The normalized spacial score (nSPS) is 27.8. The monoisotopic (exact) mass is 386 g/mol. The highest BCUT2D eigenvalue weighted by Crippen LogP contribution is 2.38. The van der Waals surface area contributed by atoms with Gasteiger partial charge in [-0.1, -0.05) is 0 Å². The van der Waals surface area contributed by atoms with Gasteiger partial charge in [0, 0.05) is 31.3 Å². The Hall–Kier alpha value is -2.36. The Morgan fingerprint density at radius 2 is 1.54 bits per heavy atom. The smallest absolute Gasteiger partial charge is 0.302 e. The van der Waals surface area contributed by atoms with Crippen molar-refractivity contribution >= 4 is 41.3 Å². The first-order valence-electron chi connectivity index (χ1n) is 7.61. The maximum atomic E-state index is 11.1. The van der Waals surface area contributed by atoms with E-state index in [1.807, 2.05) is 5.16 Å². The lowest BCUT2D eigenvalue weighted by atomic mass is 9.73. The fourth-order valence-corrected chi connectivity index (χ4v) is 3.21. The molecule has 144 valence electrons. The summed E-state index contributed by atoms with van der Waals surface area (Å²) in [5.41, 5.74) is 0. The van der Waals surface area contributed by atoms with Crippen molar-refractivity contribution in [1.29, 1.82) is 0 Å². The maximum Gasteiger partial charge on any atom is 0.302 e. The molecule has 1 fully saturated rings. The zero-order valence-electron chi connectivity index (χ0n) is 13.7. The number of ether oxygens (including phenoxy) is 2. The van der Waals surface area contributed by atoms with Crippen LogP contribution in [0.5, 0.6) is 0 Å². The van der Waals surface area contributed by atoms with E-state index in [1.165, 1.54) is 0 Å². The number of carbonyl (C=O) groups excluding carboxylic acids is 4. The van der Waals surface area contributed by atoms with E-state index in [1.54, 1.807) is 0 Å². The Morgan fingerprint density at radius 3 is 2.00 bits per heavy atom. The number of hydrogen-bond donors (Lipinski definition) is 0. The SMILES string of the molecule is CC(=O)OC[C@@H]1O[C@@H](CC(=O)[O-])[C@H](N=C=S)[C@H](CC(=O)[O-])[C@@H]1CC(=O)[O-]. The highest BCUT2D eigenvalue weighted by Gasteiger charge is 2.46. The zero-order chi connectivity index (χ0) is 19.9. The minimum atomic E-state index is -1.50. The minimum absolute atomic E-state index is 0.394. The van der Waals surface area contributed by atoms with Crippen LogP contribution >= 0.6 is 12.2 Å². The largest absolute Gasteiger partial charge is 0.550 e. The van der Waals surface area contributed by atoms with Gasteiger partial charge >= 0.3 is 5.97 Å². The fraction of sp³-hybridized carbons (Fsp3) is 0.667. The number of isothiocyanates is 1. The Morgan fingerprint density at radius 1 is 1.00 bits per heavy atom. The molecule has 1 aliphatic rings. The molecule has 10 nitrogen and oxygen atoms in total. The molecular formula is C15H16NO9S-3. The second-order valence-corrected chi connectivity index (χ2v) is 5.97. The Bertz CT molecular complexity index is 616. The van der Waals surface area contributed by atoms with E-state index < -0.39 is 79.8 Å². The third-order valence-corrected chi connectivity index (χ3v) is 4.13. The molecule has 1 saturated heterocycles. The first kappa shape index (κ1) is 21.7. The van der Waals surface area contributed by atoms with Crippen molar-refractivity contribution in [3.63, 3.8) is 0 Å². The molecule has 0 N–H and O–H groups in total. The van der Waals surface area contributed by atoms with E-state index in [0.717, 1.165) is 6.92 Å². The molecule has 0 amide bonds.